The summed E-state index contributed by atoms with van der Waals surface area (Å²) in [6.07, 6.45) is 4.29. The van der Waals surface area contributed by atoms with Gasteiger partial charge < -0.3 is 20.8 Å². The molecule has 1 heterocycles. The third-order valence-corrected chi connectivity index (χ3v) is 3.81. The summed E-state index contributed by atoms with van der Waals surface area (Å²) in [5.41, 5.74) is 8.86. The molecule has 1 aliphatic carbocycles. The number of aliphatic hydroxyl groups is 2. The van der Waals surface area contributed by atoms with Gasteiger partial charge in [-0.1, -0.05) is 12.2 Å². The SMILES string of the molecule is NC(=S)c1cc2c(nc1N(CCO)CCO)CCCC2. The number of aryl methyl sites for hydroxylation is 2. The van der Waals surface area contributed by atoms with Gasteiger partial charge in [-0.2, -0.15) is 0 Å². The largest absolute Gasteiger partial charge is 0.395 e. The molecule has 0 fully saturated rings. The molecule has 0 aliphatic heterocycles. The summed E-state index contributed by atoms with van der Waals surface area (Å²) in [5, 5.41) is 18.4. The van der Waals surface area contributed by atoms with E-state index in [2.05, 4.69) is 0 Å². The summed E-state index contributed by atoms with van der Waals surface area (Å²) >= 11 is 5.13. The summed E-state index contributed by atoms with van der Waals surface area (Å²) in [5.74, 6) is 0.682. The molecule has 0 spiro atoms. The van der Waals surface area contributed by atoms with E-state index < -0.39 is 0 Å². The highest BCUT2D eigenvalue weighted by atomic mass is 32.1. The molecule has 0 bridgehead atoms. The van der Waals surface area contributed by atoms with Gasteiger partial charge in [-0.15, -0.1) is 0 Å². The fourth-order valence-electron chi connectivity index (χ4n) is 2.61. The van der Waals surface area contributed by atoms with Gasteiger partial charge in [0.1, 0.15) is 10.8 Å². The summed E-state index contributed by atoms with van der Waals surface area (Å²) < 4.78 is 0. The Labute approximate surface area is 124 Å². The van der Waals surface area contributed by atoms with Crippen LogP contribution in [0.5, 0.6) is 0 Å². The number of pyridine rings is 1. The highest BCUT2D eigenvalue weighted by molar-refractivity contribution is 7.80. The molecule has 1 aromatic heterocycles. The Kier molecular flexibility index (Phi) is 5.28. The second-order valence-electron chi connectivity index (χ2n) is 4.97. The standard InChI is InChI=1S/C14H21N3O2S/c15-13(20)11-9-10-3-1-2-4-12(10)16-14(11)17(5-7-18)6-8-19/h9,18-19H,1-8H2,(H2,15,20). The van der Waals surface area contributed by atoms with Crippen molar-refractivity contribution < 1.29 is 10.2 Å². The number of hydrogen-bond acceptors (Lipinski definition) is 5. The zero-order valence-corrected chi connectivity index (χ0v) is 12.3. The number of anilines is 1. The van der Waals surface area contributed by atoms with Gasteiger partial charge in [0.2, 0.25) is 0 Å². The van der Waals surface area contributed by atoms with Crippen molar-refractivity contribution in [3.05, 3.63) is 22.9 Å². The van der Waals surface area contributed by atoms with E-state index >= 15 is 0 Å². The molecule has 110 valence electrons. The maximum Gasteiger partial charge on any atom is 0.139 e. The normalized spacial score (nSPS) is 13.9. The topological polar surface area (TPSA) is 82.6 Å². The molecule has 0 atom stereocenters. The molecule has 0 unspecified atom stereocenters. The van der Waals surface area contributed by atoms with Gasteiger partial charge in [0.15, 0.2) is 0 Å². The molecule has 0 saturated heterocycles. The summed E-state index contributed by atoms with van der Waals surface area (Å²) in [7, 11) is 0. The van der Waals surface area contributed by atoms with Crippen LogP contribution in [0.15, 0.2) is 6.07 Å². The van der Waals surface area contributed by atoms with Crippen LogP contribution in [0.2, 0.25) is 0 Å². The van der Waals surface area contributed by atoms with Crippen LogP contribution in [0.3, 0.4) is 0 Å². The number of aromatic nitrogens is 1. The third kappa shape index (κ3) is 3.26. The predicted molar refractivity (Wildman–Crippen MR) is 83.2 cm³/mol. The minimum absolute atomic E-state index is 0.00443. The van der Waals surface area contributed by atoms with Gasteiger partial charge in [0.05, 0.1) is 18.8 Å². The van der Waals surface area contributed by atoms with Crippen LogP contribution in [-0.2, 0) is 12.8 Å². The highest BCUT2D eigenvalue weighted by Crippen LogP contribution is 2.26. The van der Waals surface area contributed by atoms with E-state index in [9.17, 15) is 10.2 Å². The van der Waals surface area contributed by atoms with Crippen molar-refractivity contribution in [2.75, 3.05) is 31.2 Å². The van der Waals surface area contributed by atoms with Crippen LogP contribution < -0.4 is 10.6 Å². The van der Waals surface area contributed by atoms with Gasteiger partial charge in [-0.05, 0) is 37.3 Å². The van der Waals surface area contributed by atoms with E-state index in [1.54, 1.807) is 0 Å². The minimum Gasteiger partial charge on any atom is -0.395 e. The quantitative estimate of drug-likeness (QED) is 0.659. The summed E-state index contributed by atoms with van der Waals surface area (Å²) in [4.78, 5) is 6.85. The first-order chi connectivity index (χ1) is 9.67. The zero-order chi connectivity index (χ0) is 14.5. The van der Waals surface area contributed by atoms with Crippen molar-refractivity contribution >= 4 is 23.0 Å². The Morgan fingerprint density at radius 1 is 1.25 bits per heavy atom. The average molecular weight is 295 g/mol. The van der Waals surface area contributed by atoms with Gasteiger partial charge in [0.25, 0.3) is 0 Å². The van der Waals surface area contributed by atoms with Crippen LogP contribution in [0.4, 0.5) is 5.82 Å². The van der Waals surface area contributed by atoms with E-state index in [0.717, 1.165) is 30.5 Å². The van der Waals surface area contributed by atoms with Gasteiger partial charge in [0, 0.05) is 18.8 Å². The van der Waals surface area contributed by atoms with E-state index in [4.69, 9.17) is 22.9 Å². The first-order valence-corrected chi connectivity index (χ1v) is 7.37. The van der Waals surface area contributed by atoms with Crippen LogP contribution >= 0.6 is 12.2 Å². The van der Waals surface area contributed by atoms with Crippen LogP contribution in [0.25, 0.3) is 0 Å². The molecule has 2 rings (SSSR count). The molecular formula is C14H21N3O2S. The number of rotatable bonds is 6. The maximum absolute atomic E-state index is 9.18. The van der Waals surface area contributed by atoms with E-state index in [1.165, 1.54) is 12.0 Å². The smallest absolute Gasteiger partial charge is 0.139 e. The Bertz CT molecular complexity index is 488. The molecule has 5 nitrogen and oxygen atoms in total. The fraction of sp³-hybridized carbons (Fsp3) is 0.571. The lowest BCUT2D eigenvalue weighted by Crippen LogP contribution is -2.33. The molecular weight excluding hydrogens is 274 g/mol. The van der Waals surface area contributed by atoms with Crippen molar-refractivity contribution in [3.63, 3.8) is 0 Å². The highest BCUT2D eigenvalue weighted by Gasteiger charge is 2.20. The molecule has 0 amide bonds. The lowest BCUT2D eigenvalue weighted by molar-refractivity contribution is 0.280. The van der Waals surface area contributed by atoms with Gasteiger partial charge in [-0.3, -0.25) is 0 Å². The maximum atomic E-state index is 9.18. The number of thiocarbonyl (C=S) groups is 1. The van der Waals surface area contributed by atoms with E-state index in [1.807, 2.05) is 11.0 Å². The third-order valence-electron chi connectivity index (χ3n) is 3.59. The fourth-order valence-corrected chi connectivity index (χ4v) is 2.76. The van der Waals surface area contributed by atoms with Crippen molar-refractivity contribution in [2.24, 2.45) is 5.73 Å². The molecule has 1 aliphatic rings. The number of hydrogen-bond donors (Lipinski definition) is 3. The Morgan fingerprint density at radius 2 is 1.90 bits per heavy atom. The second-order valence-corrected chi connectivity index (χ2v) is 5.41. The molecule has 0 aromatic carbocycles. The summed E-state index contributed by atoms with van der Waals surface area (Å²) in [6, 6.07) is 2.03. The van der Waals surface area contributed by atoms with E-state index in [-0.39, 0.29) is 13.2 Å². The Hall–Kier alpha value is -1.24. The average Bonchev–Trinajstić information content (AvgIpc) is 2.45. The molecule has 6 heteroatoms. The molecule has 0 radical (unpaired) electrons. The first-order valence-electron chi connectivity index (χ1n) is 6.96. The molecule has 20 heavy (non-hydrogen) atoms. The number of nitrogens with zero attached hydrogens (tertiary/aromatic N) is 2. The van der Waals surface area contributed by atoms with E-state index in [0.29, 0.717) is 23.9 Å². The summed E-state index contributed by atoms with van der Waals surface area (Å²) in [6.45, 7) is 0.801. The van der Waals surface area contributed by atoms with Crippen LogP contribution in [-0.4, -0.2) is 46.5 Å². The molecule has 4 N–H and O–H groups in total. The Morgan fingerprint density at radius 3 is 2.50 bits per heavy atom. The number of nitrogens with two attached hydrogens (primary N) is 1. The lowest BCUT2D eigenvalue weighted by atomic mass is 9.94. The first kappa shape index (κ1) is 15.2. The van der Waals surface area contributed by atoms with Crippen molar-refractivity contribution in [2.45, 2.75) is 25.7 Å². The van der Waals surface area contributed by atoms with Crippen LogP contribution in [0.1, 0.15) is 29.7 Å². The number of fused-ring (bicyclic) bond motifs is 1. The van der Waals surface area contributed by atoms with Crippen molar-refractivity contribution in [1.29, 1.82) is 0 Å². The monoisotopic (exact) mass is 295 g/mol. The second kappa shape index (κ2) is 6.97. The zero-order valence-electron chi connectivity index (χ0n) is 11.5. The predicted octanol–water partition coefficient (Wildman–Crippen LogP) is 0.386. The van der Waals surface area contributed by atoms with Crippen molar-refractivity contribution in [3.8, 4) is 0 Å². The number of aliphatic hydroxyl groups excluding tert-OH is 2. The lowest BCUT2D eigenvalue weighted by Gasteiger charge is -2.27. The Balaban J connectivity index is 2.45. The van der Waals surface area contributed by atoms with Gasteiger partial charge in [-0.25, -0.2) is 4.98 Å². The molecule has 1 aromatic rings. The molecule has 0 saturated carbocycles. The van der Waals surface area contributed by atoms with Crippen LogP contribution in [0, 0.1) is 0 Å². The minimum atomic E-state index is -0.00443. The van der Waals surface area contributed by atoms with Crippen molar-refractivity contribution in [1.82, 2.24) is 4.98 Å². The van der Waals surface area contributed by atoms with Gasteiger partial charge >= 0.3 is 0 Å².